The number of fused-ring (bicyclic) bond motifs is 1. The lowest BCUT2D eigenvalue weighted by Crippen LogP contribution is -2.50. The Balaban J connectivity index is 1.20. The molecule has 0 saturated carbocycles. The number of carbonyl (C=O) groups excluding carboxylic acids is 1. The van der Waals surface area contributed by atoms with Crippen molar-refractivity contribution >= 4 is 48.7 Å². The molecular weight excluding hydrogens is 580 g/mol. The van der Waals surface area contributed by atoms with E-state index in [4.69, 9.17) is 0 Å². The number of aromatic nitrogens is 2. The second-order valence-electron chi connectivity index (χ2n) is 9.23. The molecule has 10 heteroatoms. The van der Waals surface area contributed by atoms with E-state index in [1.54, 1.807) is 24.3 Å². The lowest BCUT2D eigenvalue weighted by Gasteiger charge is -2.42. The number of para-hydroxylation sites is 1. The number of aromatic amines is 1. The van der Waals surface area contributed by atoms with Crippen molar-refractivity contribution in [3.05, 3.63) is 71.7 Å². The van der Waals surface area contributed by atoms with Crippen LogP contribution in [0.1, 0.15) is 42.1 Å². The lowest BCUT2D eigenvalue weighted by atomic mass is 9.97. The zero-order valence-corrected chi connectivity index (χ0v) is 22.2. The first kappa shape index (κ1) is 24.3. The van der Waals surface area contributed by atoms with Crippen LogP contribution in [0.3, 0.4) is 0 Å². The Morgan fingerprint density at radius 2 is 1.51 bits per heavy atom. The minimum absolute atomic E-state index is 0.0431. The van der Waals surface area contributed by atoms with Gasteiger partial charge >= 0.3 is 5.69 Å². The highest BCUT2D eigenvalue weighted by atomic mass is 79.9. The molecule has 3 heterocycles. The average Bonchev–Trinajstić information content (AvgIpc) is 2.87. The number of carbonyl (C=O) groups is 1. The summed E-state index contributed by atoms with van der Waals surface area (Å²) in [5.41, 5.74) is 0.546. The average molecular weight is 606 g/mol. The zero-order valence-electron chi connectivity index (χ0n) is 19.0. The van der Waals surface area contributed by atoms with Gasteiger partial charge in [0.1, 0.15) is 5.75 Å². The van der Waals surface area contributed by atoms with Gasteiger partial charge in [-0.15, -0.1) is 0 Å². The Morgan fingerprint density at radius 3 is 2.17 bits per heavy atom. The number of aromatic hydroxyl groups is 1. The Bertz CT molecular complexity index is 1360. The Labute approximate surface area is 218 Å². The van der Waals surface area contributed by atoms with Crippen LogP contribution in [0.5, 0.6) is 5.75 Å². The van der Waals surface area contributed by atoms with E-state index in [0.717, 1.165) is 38.8 Å². The molecule has 0 spiro atoms. The Morgan fingerprint density at radius 1 is 0.914 bits per heavy atom. The monoisotopic (exact) mass is 604 g/mol. The van der Waals surface area contributed by atoms with Crippen molar-refractivity contribution in [3.63, 3.8) is 0 Å². The summed E-state index contributed by atoms with van der Waals surface area (Å²) in [6, 6.07) is 10.7. The molecule has 8 nitrogen and oxygen atoms in total. The third-order valence-electron chi connectivity index (χ3n) is 7.23. The van der Waals surface area contributed by atoms with E-state index in [9.17, 15) is 19.5 Å². The SMILES string of the molecule is O=C(c1cc(Br)c(O)c(Br)c1)N1CCC(N2CCC(n3c(=O)[nH]c4ccccc4c3=O)CC2)CC1. The maximum Gasteiger partial charge on any atom is 0.329 e. The van der Waals surface area contributed by atoms with Gasteiger partial charge in [0.15, 0.2) is 0 Å². The molecule has 2 aromatic carbocycles. The molecule has 2 aliphatic rings. The largest absolute Gasteiger partial charge is 0.506 e. The molecule has 2 aliphatic heterocycles. The molecule has 1 amide bonds. The molecular formula is C25H26Br2N4O4. The second kappa shape index (κ2) is 9.91. The van der Waals surface area contributed by atoms with Gasteiger partial charge in [-0.2, -0.15) is 0 Å². The molecule has 35 heavy (non-hydrogen) atoms. The predicted octanol–water partition coefficient (Wildman–Crippen LogP) is 3.86. The summed E-state index contributed by atoms with van der Waals surface area (Å²) in [5.74, 6) is 0.0371. The molecule has 2 N–H and O–H groups in total. The third kappa shape index (κ3) is 4.71. The van der Waals surface area contributed by atoms with Crippen molar-refractivity contribution in [1.82, 2.24) is 19.4 Å². The molecule has 5 rings (SSSR count). The van der Waals surface area contributed by atoms with Gasteiger partial charge in [0.25, 0.3) is 11.5 Å². The van der Waals surface area contributed by atoms with E-state index in [1.165, 1.54) is 4.57 Å². The number of H-pyrrole nitrogens is 1. The zero-order chi connectivity index (χ0) is 24.7. The number of piperidine rings is 2. The van der Waals surface area contributed by atoms with Gasteiger partial charge in [-0.3, -0.25) is 14.2 Å². The van der Waals surface area contributed by atoms with Crippen molar-refractivity contribution in [3.8, 4) is 5.75 Å². The molecule has 3 aromatic rings. The highest BCUT2D eigenvalue weighted by Gasteiger charge is 2.31. The predicted molar refractivity (Wildman–Crippen MR) is 141 cm³/mol. The molecule has 184 valence electrons. The standard InChI is InChI=1S/C25H26Br2N4O4/c26-19-13-15(14-20(27)22(19)32)23(33)30-11-5-16(6-12-30)29-9-7-17(8-10-29)31-24(34)18-3-1-2-4-21(18)28-25(31)35/h1-4,13-14,16-17,32H,5-12H2,(H,28,35). The minimum Gasteiger partial charge on any atom is -0.506 e. The van der Waals surface area contributed by atoms with Crippen LogP contribution in [0.2, 0.25) is 0 Å². The van der Waals surface area contributed by atoms with E-state index in [1.807, 2.05) is 17.0 Å². The van der Waals surface area contributed by atoms with E-state index < -0.39 is 0 Å². The number of hydrogen-bond acceptors (Lipinski definition) is 5. The molecule has 0 atom stereocenters. The lowest BCUT2D eigenvalue weighted by molar-refractivity contribution is 0.0554. The Kier molecular flexibility index (Phi) is 6.87. The second-order valence-corrected chi connectivity index (χ2v) is 10.9. The number of halogens is 2. The number of rotatable bonds is 3. The number of benzene rings is 2. The van der Waals surface area contributed by atoms with E-state index >= 15 is 0 Å². The van der Waals surface area contributed by atoms with Crippen molar-refractivity contribution in [2.45, 2.75) is 37.8 Å². The topological polar surface area (TPSA) is 98.6 Å². The molecule has 1 aromatic heterocycles. The smallest absolute Gasteiger partial charge is 0.329 e. The van der Waals surface area contributed by atoms with Gasteiger partial charge < -0.3 is 19.9 Å². The number of likely N-dealkylation sites (tertiary alicyclic amines) is 2. The quantitative estimate of drug-likeness (QED) is 0.472. The third-order valence-corrected chi connectivity index (χ3v) is 8.44. The summed E-state index contributed by atoms with van der Waals surface area (Å²) < 4.78 is 2.36. The molecule has 0 unspecified atom stereocenters. The molecule has 2 saturated heterocycles. The van der Waals surface area contributed by atoms with Crippen LogP contribution in [0.4, 0.5) is 0 Å². The van der Waals surface area contributed by atoms with Crippen LogP contribution >= 0.6 is 31.9 Å². The fraction of sp³-hybridized carbons (Fsp3) is 0.400. The molecule has 2 fully saturated rings. The summed E-state index contributed by atoms with van der Waals surface area (Å²) in [6.45, 7) is 2.98. The Hall–Kier alpha value is -2.43. The normalized spacial score (nSPS) is 18.3. The van der Waals surface area contributed by atoms with Crippen molar-refractivity contribution in [2.24, 2.45) is 0 Å². The number of phenols is 1. The number of nitrogens with zero attached hydrogens (tertiary/aromatic N) is 3. The summed E-state index contributed by atoms with van der Waals surface area (Å²) in [4.78, 5) is 45.8. The van der Waals surface area contributed by atoms with Gasteiger partial charge in [-0.05, 0) is 81.8 Å². The van der Waals surface area contributed by atoms with Crippen LogP contribution < -0.4 is 11.2 Å². The van der Waals surface area contributed by atoms with Gasteiger partial charge in [0, 0.05) is 43.8 Å². The summed E-state index contributed by atoms with van der Waals surface area (Å²) in [6.07, 6.45) is 3.26. The van der Waals surface area contributed by atoms with E-state index in [0.29, 0.717) is 44.5 Å². The van der Waals surface area contributed by atoms with Crippen LogP contribution in [0.15, 0.2) is 54.9 Å². The summed E-state index contributed by atoms with van der Waals surface area (Å²) in [5, 5.41) is 10.4. The van der Waals surface area contributed by atoms with Crippen molar-refractivity contribution in [1.29, 1.82) is 0 Å². The van der Waals surface area contributed by atoms with Gasteiger partial charge in [0.2, 0.25) is 0 Å². The summed E-state index contributed by atoms with van der Waals surface area (Å²) >= 11 is 6.59. The van der Waals surface area contributed by atoms with E-state index in [2.05, 4.69) is 41.7 Å². The van der Waals surface area contributed by atoms with Crippen LogP contribution in [-0.4, -0.2) is 62.6 Å². The minimum atomic E-state index is -0.341. The first-order chi connectivity index (χ1) is 16.8. The van der Waals surface area contributed by atoms with E-state index in [-0.39, 0.29) is 28.9 Å². The number of amides is 1. The van der Waals surface area contributed by atoms with Crippen molar-refractivity contribution < 1.29 is 9.90 Å². The first-order valence-corrected chi connectivity index (χ1v) is 13.4. The maximum atomic E-state index is 13.0. The van der Waals surface area contributed by atoms with Crippen molar-refractivity contribution in [2.75, 3.05) is 26.2 Å². The number of hydrogen-bond donors (Lipinski definition) is 2. The highest BCUT2D eigenvalue weighted by Crippen LogP contribution is 2.34. The fourth-order valence-electron chi connectivity index (χ4n) is 5.32. The van der Waals surface area contributed by atoms with Crippen LogP contribution in [0, 0.1) is 0 Å². The molecule has 0 radical (unpaired) electrons. The number of nitrogens with one attached hydrogen (secondary N) is 1. The van der Waals surface area contributed by atoms with Gasteiger partial charge in [-0.25, -0.2) is 4.79 Å². The van der Waals surface area contributed by atoms with Gasteiger partial charge in [0.05, 0.1) is 19.8 Å². The van der Waals surface area contributed by atoms with Crippen LogP contribution in [0.25, 0.3) is 10.9 Å². The molecule has 0 aliphatic carbocycles. The first-order valence-electron chi connectivity index (χ1n) is 11.8. The highest BCUT2D eigenvalue weighted by molar-refractivity contribution is 9.11. The molecule has 0 bridgehead atoms. The van der Waals surface area contributed by atoms with Gasteiger partial charge in [-0.1, -0.05) is 12.1 Å². The fourth-order valence-corrected chi connectivity index (χ4v) is 6.51. The van der Waals surface area contributed by atoms with Crippen LogP contribution in [-0.2, 0) is 0 Å². The number of phenolic OH excluding ortho intramolecular Hbond substituents is 1. The summed E-state index contributed by atoms with van der Waals surface area (Å²) in [7, 11) is 0. The maximum absolute atomic E-state index is 13.0.